The number of aromatic nitrogens is 3. The van der Waals surface area contributed by atoms with Gasteiger partial charge >= 0.3 is 0 Å². The lowest BCUT2D eigenvalue weighted by Crippen LogP contribution is -2.31. The Morgan fingerprint density at radius 3 is 2.52 bits per heavy atom. The minimum absolute atomic E-state index is 0.0316. The SMILES string of the molecule is CC[C@H](C)NC(=O)c1ccc(CSc2nc3cccnc3n2Cc2ccc(OC)cc2)cc1. The molecular weight excluding hydrogens is 432 g/mol. The summed E-state index contributed by atoms with van der Waals surface area (Å²) >= 11 is 1.67. The number of nitrogens with zero attached hydrogens (tertiary/aromatic N) is 3. The van der Waals surface area contributed by atoms with E-state index in [1.807, 2.05) is 55.5 Å². The lowest BCUT2D eigenvalue weighted by Gasteiger charge is -2.12. The van der Waals surface area contributed by atoms with Crippen LogP contribution >= 0.6 is 11.8 Å². The fourth-order valence-electron chi connectivity index (χ4n) is 3.41. The molecule has 2 heterocycles. The van der Waals surface area contributed by atoms with Crippen LogP contribution in [-0.4, -0.2) is 33.6 Å². The molecule has 0 spiro atoms. The fourth-order valence-corrected chi connectivity index (χ4v) is 4.37. The number of hydrogen-bond acceptors (Lipinski definition) is 5. The zero-order valence-electron chi connectivity index (χ0n) is 19.1. The third-order valence-corrected chi connectivity index (χ3v) is 6.59. The van der Waals surface area contributed by atoms with Gasteiger partial charge in [0.25, 0.3) is 5.91 Å². The van der Waals surface area contributed by atoms with Gasteiger partial charge in [0.15, 0.2) is 10.8 Å². The standard InChI is InChI=1S/C26H28N4O2S/c1-4-18(2)28-25(31)21-11-7-20(8-12-21)17-33-26-29-23-6-5-15-27-24(23)30(26)16-19-9-13-22(32-3)14-10-19/h5-15,18H,4,16-17H2,1-3H3,(H,28,31)/t18-/m0/s1. The minimum Gasteiger partial charge on any atom is -0.497 e. The monoisotopic (exact) mass is 460 g/mol. The molecule has 0 fully saturated rings. The summed E-state index contributed by atoms with van der Waals surface area (Å²) in [6.07, 6.45) is 2.71. The molecule has 0 bridgehead atoms. The highest BCUT2D eigenvalue weighted by Gasteiger charge is 2.14. The van der Waals surface area contributed by atoms with Gasteiger partial charge in [-0.15, -0.1) is 0 Å². The summed E-state index contributed by atoms with van der Waals surface area (Å²) in [5.41, 5.74) is 4.72. The Bertz CT molecular complexity index is 1220. The number of pyridine rings is 1. The summed E-state index contributed by atoms with van der Waals surface area (Å²) in [6.45, 7) is 4.74. The number of ether oxygens (including phenoxy) is 1. The average molecular weight is 461 g/mol. The molecule has 0 radical (unpaired) electrons. The van der Waals surface area contributed by atoms with Crippen LogP contribution in [0.25, 0.3) is 11.2 Å². The molecule has 2 aromatic carbocycles. The summed E-state index contributed by atoms with van der Waals surface area (Å²) in [7, 11) is 1.67. The van der Waals surface area contributed by atoms with Crippen molar-refractivity contribution in [1.82, 2.24) is 19.9 Å². The predicted molar refractivity (Wildman–Crippen MR) is 133 cm³/mol. The van der Waals surface area contributed by atoms with Gasteiger partial charge in [-0.1, -0.05) is 43.0 Å². The Hall–Kier alpha value is -3.32. The molecule has 4 rings (SSSR count). The molecule has 170 valence electrons. The molecule has 33 heavy (non-hydrogen) atoms. The topological polar surface area (TPSA) is 69.0 Å². The molecule has 0 saturated heterocycles. The first-order valence-corrected chi connectivity index (χ1v) is 12.0. The molecule has 4 aromatic rings. The van der Waals surface area contributed by atoms with Crippen molar-refractivity contribution in [3.8, 4) is 5.75 Å². The lowest BCUT2D eigenvalue weighted by molar-refractivity contribution is 0.0939. The zero-order chi connectivity index (χ0) is 23.2. The highest BCUT2D eigenvalue weighted by Crippen LogP contribution is 2.27. The number of nitrogens with one attached hydrogen (secondary N) is 1. The maximum atomic E-state index is 12.3. The number of methoxy groups -OCH3 is 1. The van der Waals surface area contributed by atoms with Gasteiger partial charge in [0, 0.05) is 23.6 Å². The lowest BCUT2D eigenvalue weighted by atomic mass is 10.1. The van der Waals surface area contributed by atoms with Gasteiger partial charge in [0.05, 0.1) is 13.7 Å². The van der Waals surface area contributed by atoms with Crippen molar-refractivity contribution in [2.75, 3.05) is 7.11 Å². The molecule has 1 amide bonds. The Balaban J connectivity index is 1.50. The van der Waals surface area contributed by atoms with Gasteiger partial charge in [-0.25, -0.2) is 9.97 Å². The van der Waals surface area contributed by atoms with Crippen molar-refractivity contribution in [2.45, 2.75) is 43.8 Å². The zero-order valence-corrected chi connectivity index (χ0v) is 19.9. The van der Waals surface area contributed by atoms with Crippen molar-refractivity contribution in [3.63, 3.8) is 0 Å². The van der Waals surface area contributed by atoms with Crippen LogP contribution in [0.3, 0.4) is 0 Å². The Labute approximate surface area is 198 Å². The number of hydrogen-bond donors (Lipinski definition) is 1. The first-order chi connectivity index (χ1) is 16.1. The number of benzene rings is 2. The molecular formula is C26H28N4O2S. The molecule has 7 heteroatoms. The first kappa shape index (κ1) is 22.9. The van der Waals surface area contributed by atoms with E-state index in [2.05, 4.69) is 33.9 Å². The van der Waals surface area contributed by atoms with E-state index in [9.17, 15) is 4.79 Å². The van der Waals surface area contributed by atoms with E-state index in [0.717, 1.165) is 45.4 Å². The Kier molecular flexibility index (Phi) is 7.29. The number of thioether (sulfide) groups is 1. The van der Waals surface area contributed by atoms with Crippen LogP contribution in [0, 0.1) is 0 Å². The van der Waals surface area contributed by atoms with E-state index in [1.54, 1.807) is 25.1 Å². The van der Waals surface area contributed by atoms with Gasteiger partial charge in [-0.2, -0.15) is 0 Å². The predicted octanol–water partition coefficient (Wildman–Crippen LogP) is 5.31. The number of rotatable bonds is 9. The van der Waals surface area contributed by atoms with Crippen LogP contribution in [0.4, 0.5) is 0 Å². The highest BCUT2D eigenvalue weighted by atomic mass is 32.2. The third kappa shape index (κ3) is 5.54. The maximum Gasteiger partial charge on any atom is 0.251 e. The summed E-state index contributed by atoms with van der Waals surface area (Å²) in [5.74, 6) is 1.55. The van der Waals surface area contributed by atoms with E-state index in [4.69, 9.17) is 9.72 Å². The van der Waals surface area contributed by atoms with Crippen LogP contribution in [0.15, 0.2) is 72.0 Å². The second-order valence-electron chi connectivity index (χ2n) is 7.94. The summed E-state index contributed by atoms with van der Waals surface area (Å²) in [5, 5.41) is 3.92. The number of fused-ring (bicyclic) bond motifs is 1. The molecule has 0 saturated carbocycles. The largest absolute Gasteiger partial charge is 0.497 e. The van der Waals surface area contributed by atoms with Gasteiger partial charge < -0.3 is 10.1 Å². The minimum atomic E-state index is -0.0316. The normalized spacial score (nSPS) is 12.0. The van der Waals surface area contributed by atoms with E-state index in [0.29, 0.717) is 12.1 Å². The molecule has 1 atom stereocenters. The van der Waals surface area contributed by atoms with Gasteiger partial charge in [0.2, 0.25) is 0 Å². The molecule has 1 N–H and O–H groups in total. The van der Waals surface area contributed by atoms with Crippen molar-refractivity contribution < 1.29 is 9.53 Å². The van der Waals surface area contributed by atoms with Crippen molar-refractivity contribution in [2.24, 2.45) is 0 Å². The Morgan fingerprint density at radius 1 is 1.09 bits per heavy atom. The van der Waals surface area contributed by atoms with Crippen molar-refractivity contribution in [1.29, 1.82) is 0 Å². The highest BCUT2D eigenvalue weighted by molar-refractivity contribution is 7.98. The number of imidazole rings is 1. The fraction of sp³-hybridized carbons (Fsp3) is 0.269. The van der Waals surface area contributed by atoms with Crippen LogP contribution in [0.1, 0.15) is 41.8 Å². The number of carbonyl (C=O) groups is 1. The smallest absolute Gasteiger partial charge is 0.251 e. The molecule has 0 aliphatic heterocycles. The van der Waals surface area contributed by atoms with Crippen molar-refractivity contribution in [3.05, 3.63) is 83.6 Å². The second-order valence-corrected chi connectivity index (χ2v) is 8.89. The van der Waals surface area contributed by atoms with E-state index < -0.39 is 0 Å². The van der Waals surface area contributed by atoms with Crippen LogP contribution in [0.2, 0.25) is 0 Å². The number of carbonyl (C=O) groups excluding carboxylic acids is 1. The van der Waals surface area contributed by atoms with Gasteiger partial charge in [-0.3, -0.25) is 9.36 Å². The molecule has 2 aromatic heterocycles. The second kappa shape index (κ2) is 10.5. The Morgan fingerprint density at radius 2 is 1.82 bits per heavy atom. The molecule has 0 aliphatic rings. The summed E-state index contributed by atoms with van der Waals surface area (Å²) in [4.78, 5) is 21.7. The van der Waals surface area contributed by atoms with E-state index in [-0.39, 0.29) is 11.9 Å². The molecule has 0 unspecified atom stereocenters. The summed E-state index contributed by atoms with van der Waals surface area (Å²) < 4.78 is 7.42. The van der Waals surface area contributed by atoms with E-state index in [1.165, 1.54) is 0 Å². The van der Waals surface area contributed by atoms with Crippen molar-refractivity contribution >= 4 is 28.8 Å². The van der Waals surface area contributed by atoms with Gasteiger partial charge in [0.1, 0.15) is 11.3 Å². The molecule has 6 nitrogen and oxygen atoms in total. The average Bonchev–Trinajstić information content (AvgIpc) is 3.20. The summed E-state index contributed by atoms with van der Waals surface area (Å²) in [6, 6.07) is 19.9. The third-order valence-electron chi connectivity index (χ3n) is 5.54. The van der Waals surface area contributed by atoms with Crippen LogP contribution < -0.4 is 10.1 Å². The molecule has 0 aliphatic carbocycles. The van der Waals surface area contributed by atoms with Gasteiger partial charge in [-0.05, 0) is 60.9 Å². The van der Waals surface area contributed by atoms with Crippen LogP contribution in [-0.2, 0) is 12.3 Å². The van der Waals surface area contributed by atoms with E-state index >= 15 is 0 Å². The maximum absolute atomic E-state index is 12.3. The number of amides is 1. The van der Waals surface area contributed by atoms with Crippen LogP contribution in [0.5, 0.6) is 5.75 Å². The quantitative estimate of drug-likeness (QED) is 0.343. The first-order valence-electron chi connectivity index (χ1n) is 11.0.